The summed E-state index contributed by atoms with van der Waals surface area (Å²) in [4.78, 5) is 27.7. The minimum Gasteiger partial charge on any atom is -0.393 e. The van der Waals surface area contributed by atoms with Crippen molar-refractivity contribution < 1.29 is 5.11 Å². The van der Waals surface area contributed by atoms with Crippen LogP contribution in [0.15, 0.2) is 9.59 Å². The van der Waals surface area contributed by atoms with Crippen molar-refractivity contribution in [3.05, 3.63) is 20.8 Å². The van der Waals surface area contributed by atoms with Crippen molar-refractivity contribution in [3.8, 4) is 0 Å². The van der Waals surface area contributed by atoms with Crippen molar-refractivity contribution in [1.29, 1.82) is 0 Å². The largest absolute Gasteiger partial charge is 0.393 e. The molecule has 0 saturated carbocycles. The van der Waals surface area contributed by atoms with Gasteiger partial charge < -0.3 is 15.7 Å². The molecule has 0 aromatic carbocycles. The molecule has 0 fully saturated rings. The Balaban J connectivity index is 3.12. The van der Waals surface area contributed by atoms with Crippen molar-refractivity contribution in [2.75, 3.05) is 24.2 Å². The first kappa shape index (κ1) is 16.3. The van der Waals surface area contributed by atoms with Crippen molar-refractivity contribution in [1.82, 2.24) is 9.55 Å². The van der Waals surface area contributed by atoms with Gasteiger partial charge in [0, 0.05) is 20.1 Å². The molecule has 7 heteroatoms. The van der Waals surface area contributed by atoms with Crippen molar-refractivity contribution in [2.45, 2.75) is 45.8 Å². The second-order valence-electron chi connectivity index (χ2n) is 5.06. The molecule has 0 radical (unpaired) electrons. The van der Waals surface area contributed by atoms with E-state index in [0.717, 1.165) is 12.8 Å². The zero-order chi connectivity index (χ0) is 15.3. The number of unbranched alkanes of at least 4 members (excludes halogenated alkanes) is 1. The summed E-state index contributed by atoms with van der Waals surface area (Å²) in [6.45, 7) is 4.66. The quantitative estimate of drug-likeness (QED) is 0.660. The van der Waals surface area contributed by atoms with Crippen molar-refractivity contribution >= 4 is 11.5 Å². The van der Waals surface area contributed by atoms with Gasteiger partial charge in [0.05, 0.1) is 6.10 Å². The summed E-state index contributed by atoms with van der Waals surface area (Å²) < 4.78 is 1.39. The van der Waals surface area contributed by atoms with Gasteiger partial charge in [-0.1, -0.05) is 13.3 Å². The van der Waals surface area contributed by atoms with Gasteiger partial charge in [-0.15, -0.1) is 0 Å². The Bertz CT molecular complexity index is 548. The van der Waals surface area contributed by atoms with Gasteiger partial charge in [0.15, 0.2) is 0 Å². The van der Waals surface area contributed by atoms with Gasteiger partial charge in [0.25, 0.3) is 5.56 Å². The lowest BCUT2D eigenvalue weighted by Crippen LogP contribution is -2.37. The number of hydrogen-bond acceptors (Lipinski definition) is 5. The topological polar surface area (TPSA) is 104 Å². The van der Waals surface area contributed by atoms with Crippen LogP contribution in [0.2, 0.25) is 0 Å². The molecule has 0 spiro atoms. The Morgan fingerprint density at radius 2 is 2.10 bits per heavy atom. The maximum atomic E-state index is 11.9. The molecule has 1 rings (SSSR count). The fourth-order valence-corrected chi connectivity index (χ4v) is 1.98. The molecule has 1 aromatic heterocycles. The van der Waals surface area contributed by atoms with Gasteiger partial charge in [-0.2, -0.15) is 0 Å². The molecule has 0 bridgehead atoms. The van der Waals surface area contributed by atoms with Gasteiger partial charge in [-0.3, -0.25) is 14.3 Å². The summed E-state index contributed by atoms with van der Waals surface area (Å²) in [6.07, 6.45) is 1.80. The number of H-pyrrole nitrogens is 1. The molecule has 0 aliphatic rings. The smallest absolute Gasteiger partial charge is 0.330 e. The van der Waals surface area contributed by atoms with Crippen LogP contribution in [0.5, 0.6) is 0 Å². The molecule has 0 aliphatic carbocycles. The third-order valence-corrected chi connectivity index (χ3v) is 3.21. The van der Waals surface area contributed by atoms with Gasteiger partial charge in [0.2, 0.25) is 0 Å². The summed E-state index contributed by atoms with van der Waals surface area (Å²) >= 11 is 0. The third-order valence-electron chi connectivity index (χ3n) is 3.21. The fraction of sp³-hybridized carbons (Fsp3) is 0.692. The number of nitrogens with one attached hydrogen (secondary N) is 1. The maximum Gasteiger partial charge on any atom is 0.330 e. The molecule has 0 aliphatic heterocycles. The Morgan fingerprint density at radius 1 is 1.45 bits per heavy atom. The number of aromatic nitrogens is 2. The van der Waals surface area contributed by atoms with E-state index in [2.05, 4.69) is 4.98 Å². The van der Waals surface area contributed by atoms with Crippen LogP contribution >= 0.6 is 0 Å². The summed E-state index contributed by atoms with van der Waals surface area (Å²) in [6, 6.07) is 0. The zero-order valence-electron chi connectivity index (χ0n) is 12.3. The van der Waals surface area contributed by atoms with Crippen molar-refractivity contribution in [3.63, 3.8) is 0 Å². The highest BCUT2D eigenvalue weighted by atomic mass is 16.3. The van der Waals surface area contributed by atoms with Crippen LogP contribution in [0.1, 0.15) is 33.1 Å². The fourth-order valence-electron chi connectivity index (χ4n) is 1.98. The van der Waals surface area contributed by atoms with Crippen LogP contribution in [-0.2, 0) is 6.54 Å². The van der Waals surface area contributed by atoms with E-state index in [-0.39, 0.29) is 11.5 Å². The highest BCUT2D eigenvalue weighted by Gasteiger charge is 2.16. The van der Waals surface area contributed by atoms with Gasteiger partial charge in [-0.25, -0.2) is 4.79 Å². The predicted octanol–water partition coefficient (Wildman–Crippen LogP) is 0.126. The first-order valence-electron chi connectivity index (χ1n) is 6.90. The van der Waals surface area contributed by atoms with E-state index < -0.39 is 17.4 Å². The van der Waals surface area contributed by atoms with Crippen LogP contribution in [0, 0.1) is 0 Å². The number of hydrogen-bond donors (Lipinski definition) is 3. The van der Waals surface area contributed by atoms with Crippen LogP contribution < -0.4 is 21.9 Å². The minimum absolute atomic E-state index is 0.181. The SMILES string of the molecule is CCCCn1c(N)c(N(C)CCC(C)O)c(=O)[nH]c1=O. The first-order chi connectivity index (χ1) is 9.38. The van der Waals surface area contributed by atoms with E-state index in [0.29, 0.717) is 19.5 Å². The lowest BCUT2D eigenvalue weighted by molar-refractivity contribution is 0.187. The number of aromatic amines is 1. The Labute approximate surface area is 118 Å². The molecule has 1 atom stereocenters. The van der Waals surface area contributed by atoms with Gasteiger partial charge >= 0.3 is 5.69 Å². The van der Waals surface area contributed by atoms with Crippen molar-refractivity contribution in [2.24, 2.45) is 0 Å². The Kier molecular flexibility index (Phi) is 5.82. The maximum absolute atomic E-state index is 11.9. The molecule has 114 valence electrons. The van der Waals surface area contributed by atoms with E-state index in [1.165, 1.54) is 4.57 Å². The number of nitrogen functional groups attached to an aromatic ring is 1. The monoisotopic (exact) mass is 284 g/mol. The van der Waals surface area contributed by atoms with E-state index in [1.807, 2.05) is 6.92 Å². The summed E-state index contributed by atoms with van der Waals surface area (Å²) in [5, 5.41) is 9.30. The molecule has 20 heavy (non-hydrogen) atoms. The molecule has 4 N–H and O–H groups in total. The number of anilines is 2. The van der Waals surface area contributed by atoms with Crippen LogP contribution in [0.3, 0.4) is 0 Å². The Hall–Kier alpha value is -1.76. The molecule has 1 heterocycles. The normalized spacial score (nSPS) is 12.4. The number of aliphatic hydroxyl groups excluding tert-OH is 1. The molecule has 0 saturated heterocycles. The highest BCUT2D eigenvalue weighted by Crippen LogP contribution is 2.15. The highest BCUT2D eigenvalue weighted by molar-refractivity contribution is 5.61. The van der Waals surface area contributed by atoms with E-state index in [1.54, 1.807) is 18.9 Å². The van der Waals surface area contributed by atoms with E-state index in [4.69, 9.17) is 5.73 Å². The van der Waals surface area contributed by atoms with Crippen LogP contribution in [0.4, 0.5) is 11.5 Å². The zero-order valence-corrected chi connectivity index (χ0v) is 12.3. The molecule has 0 amide bonds. The molecule has 1 aromatic rings. The van der Waals surface area contributed by atoms with Crippen LogP contribution in [-0.4, -0.2) is 34.4 Å². The number of nitrogens with zero attached hydrogens (tertiary/aromatic N) is 2. The number of rotatable bonds is 7. The molecular formula is C13H24N4O3. The number of aliphatic hydroxyl groups is 1. The summed E-state index contributed by atoms with van der Waals surface area (Å²) in [7, 11) is 1.72. The van der Waals surface area contributed by atoms with Gasteiger partial charge in [0.1, 0.15) is 11.5 Å². The van der Waals surface area contributed by atoms with E-state index >= 15 is 0 Å². The molecule has 1 unspecified atom stereocenters. The second kappa shape index (κ2) is 7.14. The third kappa shape index (κ3) is 3.86. The van der Waals surface area contributed by atoms with E-state index in [9.17, 15) is 14.7 Å². The molecular weight excluding hydrogens is 260 g/mol. The predicted molar refractivity (Wildman–Crippen MR) is 80.2 cm³/mol. The molecule has 7 nitrogen and oxygen atoms in total. The standard InChI is InChI=1S/C13H24N4O3/c1-4-5-7-17-11(14)10(12(19)15-13(17)20)16(3)8-6-9(2)18/h9,18H,4-8,14H2,1-3H3,(H,15,19,20). The second-order valence-corrected chi connectivity index (χ2v) is 5.06. The Morgan fingerprint density at radius 3 is 2.65 bits per heavy atom. The number of nitrogens with two attached hydrogens (primary N) is 1. The first-order valence-corrected chi connectivity index (χ1v) is 6.90. The summed E-state index contributed by atoms with van der Waals surface area (Å²) in [5.41, 5.74) is 5.28. The summed E-state index contributed by atoms with van der Waals surface area (Å²) in [5.74, 6) is 0.181. The minimum atomic E-state index is -0.492. The average Bonchev–Trinajstić information content (AvgIpc) is 2.35. The van der Waals surface area contributed by atoms with Crippen LogP contribution in [0.25, 0.3) is 0 Å². The average molecular weight is 284 g/mol. The lowest BCUT2D eigenvalue weighted by Gasteiger charge is -2.22. The van der Waals surface area contributed by atoms with Gasteiger partial charge in [-0.05, 0) is 19.8 Å². The lowest BCUT2D eigenvalue weighted by atomic mass is 10.2.